The van der Waals surface area contributed by atoms with E-state index in [4.69, 9.17) is 0 Å². The number of nitrogens with zero attached hydrogens (tertiary/aromatic N) is 6. The summed E-state index contributed by atoms with van der Waals surface area (Å²) in [5.74, 6) is 1.62. The second-order valence-corrected chi connectivity index (χ2v) is 9.49. The molecule has 170 valence electrons. The Morgan fingerprint density at radius 1 is 0.500 bits per heavy atom. The number of hydrogen-bond acceptors (Lipinski definition) is 6. The largest absolute Gasteiger partial charge is 0.270 e. The molecule has 0 aliphatic heterocycles. The van der Waals surface area contributed by atoms with Crippen molar-refractivity contribution < 1.29 is 0 Å². The predicted octanol–water partition coefficient (Wildman–Crippen LogP) is 6.24. The Kier molecular flexibility index (Phi) is 6.26. The molecule has 0 N–H and O–H groups in total. The smallest absolute Gasteiger partial charge is 0.195 e. The average Bonchev–Trinajstić information content (AvgIpc) is 3.49. The normalized spacial score (nSPS) is 11.2. The van der Waals surface area contributed by atoms with Crippen LogP contribution in [0.1, 0.15) is 11.1 Å². The third kappa shape index (κ3) is 4.15. The van der Waals surface area contributed by atoms with E-state index < -0.39 is 0 Å². The summed E-state index contributed by atoms with van der Waals surface area (Å²) in [5, 5.41) is 19.5. The van der Waals surface area contributed by atoms with Gasteiger partial charge in [-0.1, -0.05) is 83.2 Å². The Bertz CT molecular complexity index is 1310. The van der Waals surface area contributed by atoms with Gasteiger partial charge in [-0.25, -0.2) is 0 Å². The quantitative estimate of drug-likeness (QED) is 0.266. The SMILES string of the molecule is CSc1nnc(-c2ccc(-c3nnc(SC)n3-c3ccc(C)cc3)cc2)n1-c1ccc(C)cc1. The summed E-state index contributed by atoms with van der Waals surface area (Å²) in [4.78, 5) is 0. The minimum Gasteiger partial charge on any atom is -0.270 e. The maximum atomic E-state index is 4.50. The molecule has 0 bridgehead atoms. The van der Waals surface area contributed by atoms with Crippen molar-refractivity contribution in [2.45, 2.75) is 24.2 Å². The van der Waals surface area contributed by atoms with Crippen LogP contribution in [-0.2, 0) is 0 Å². The number of aromatic nitrogens is 6. The molecule has 34 heavy (non-hydrogen) atoms. The lowest BCUT2D eigenvalue weighted by Crippen LogP contribution is -2.00. The summed E-state index contributed by atoms with van der Waals surface area (Å²) in [6.07, 6.45) is 4.03. The molecule has 0 atom stereocenters. The highest BCUT2D eigenvalue weighted by molar-refractivity contribution is 7.98. The van der Waals surface area contributed by atoms with Crippen LogP contribution in [0.5, 0.6) is 0 Å². The molecule has 2 aromatic heterocycles. The fraction of sp³-hybridized carbons (Fsp3) is 0.154. The molecule has 0 fully saturated rings. The average molecular weight is 485 g/mol. The van der Waals surface area contributed by atoms with E-state index in [2.05, 4.69) is 116 Å². The minimum atomic E-state index is 0.810. The van der Waals surface area contributed by atoms with Gasteiger partial charge in [0.25, 0.3) is 0 Å². The van der Waals surface area contributed by atoms with Crippen LogP contribution in [-0.4, -0.2) is 42.0 Å². The van der Waals surface area contributed by atoms with Gasteiger partial charge >= 0.3 is 0 Å². The highest BCUT2D eigenvalue weighted by Gasteiger charge is 2.18. The summed E-state index contributed by atoms with van der Waals surface area (Å²) in [6, 6.07) is 25.1. The predicted molar refractivity (Wildman–Crippen MR) is 140 cm³/mol. The van der Waals surface area contributed by atoms with Crippen LogP contribution < -0.4 is 0 Å². The van der Waals surface area contributed by atoms with Gasteiger partial charge in [0, 0.05) is 22.5 Å². The number of aryl methyl sites for hydroxylation is 2. The van der Waals surface area contributed by atoms with Crippen molar-refractivity contribution in [2.75, 3.05) is 12.5 Å². The van der Waals surface area contributed by atoms with Crippen molar-refractivity contribution in [2.24, 2.45) is 0 Å². The van der Waals surface area contributed by atoms with Crippen molar-refractivity contribution >= 4 is 23.5 Å². The lowest BCUT2D eigenvalue weighted by atomic mass is 10.1. The van der Waals surface area contributed by atoms with Crippen molar-refractivity contribution in [3.63, 3.8) is 0 Å². The first-order valence-electron chi connectivity index (χ1n) is 10.8. The van der Waals surface area contributed by atoms with E-state index in [1.165, 1.54) is 11.1 Å². The van der Waals surface area contributed by atoms with Crippen LogP contribution in [0.2, 0.25) is 0 Å². The van der Waals surface area contributed by atoms with Gasteiger partial charge in [0.15, 0.2) is 22.0 Å². The van der Waals surface area contributed by atoms with Gasteiger partial charge in [-0.3, -0.25) is 9.13 Å². The molecule has 5 rings (SSSR count). The molecule has 5 aromatic rings. The van der Waals surface area contributed by atoms with Crippen molar-refractivity contribution in [1.82, 2.24) is 29.5 Å². The topological polar surface area (TPSA) is 61.4 Å². The van der Waals surface area contributed by atoms with Crippen LogP contribution in [0.15, 0.2) is 83.1 Å². The molecule has 0 unspecified atom stereocenters. The number of benzene rings is 3. The molecule has 0 radical (unpaired) electrons. The third-order valence-electron chi connectivity index (χ3n) is 5.62. The van der Waals surface area contributed by atoms with Gasteiger partial charge in [-0.05, 0) is 50.6 Å². The van der Waals surface area contributed by atoms with Gasteiger partial charge in [-0.15, -0.1) is 20.4 Å². The van der Waals surface area contributed by atoms with Crippen molar-refractivity contribution in [3.05, 3.63) is 83.9 Å². The molecule has 0 saturated heterocycles. The van der Waals surface area contributed by atoms with Gasteiger partial charge in [0.1, 0.15) is 0 Å². The zero-order valence-electron chi connectivity index (χ0n) is 19.4. The van der Waals surface area contributed by atoms with E-state index >= 15 is 0 Å². The van der Waals surface area contributed by atoms with Gasteiger partial charge in [-0.2, -0.15) is 0 Å². The van der Waals surface area contributed by atoms with E-state index in [-0.39, 0.29) is 0 Å². The minimum absolute atomic E-state index is 0.810. The summed E-state index contributed by atoms with van der Waals surface area (Å²) >= 11 is 3.16. The molecule has 2 heterocycles. The second kappa shape index (κ2) is 9.48. The molecule has 3 aromatic carbocycles. The maximum Gasteiger partial charge on any atom is 0.195 e. The Labute approximate surface area is 207 Å². The molecule has 0 aliphatic rings. The summed E-state index contributed by atoms with van der Waals surface area (Å²) in [7, 11) is 0. The van der Waals surface area contributed by atoms with Gasteiger partial charge in [0.2, 0.25) is 0 Å². The van der Waals surface area contributed by atoms with Gasteiger partial charge < -0.3 is 0 Å². The van der Waals surface area contributed by atoms with Crippen molar-refractivity contribution in [1.29, 1.82) is 0 Å². The number of hydrogen-bond donors (Lipinski definition) is 0. The van der Waals surface area contributed by atoms with Gasteiger partial charge in [0.05, 0.1) is 0 Å². The van der Waals surface area contributed by atoms with E-state index in [0.717, 1.165) is 44.5 Å². The first kappa shape index (κ1) is 22.4. The van der Waals surface area contributed by atoms with Crippen LogP contribution in [0.4, 0.5) is 0 Å². The van der Waals surface area contributed by atoms with E-state index in [9.17, 15) is 0 Å². The van der Waals surface area contributed by atoms with Crippen molar-refractivity contribution in [3.8, 4) is 34.2 Å². The molecule has 0 amide bonds. The summed E-state index contributed by atoms with van der Waals surface area (Å²) < 4.78 is 4.19. The Hall–Kier alpha value is -3.36. The van der Waals surface area contributed by atoms with Crippen LogP contribution in [0.3, 0.4) is 0 Å². The lowest BCUT2D eigenvalue weighted by molar-refractivity contribution is 0.888. The molecule has 0 aliphatic carbocycles. The second-order valence-electron chi connectivity index (χ2n) is 7.94. The lowest BCUT2D eigenvalue weighted by Gasteiger charge is -2.11. The fourth-order valence-corrected chi connectivity index (χ4v) is 4.79. The maximum absolute atomic E-state index is 4.50. The first-order chi connectivity index (χ1) is 16.6. The summed E-state index contributed by atoms with van der Waals surface area (Å²) in [5.41, 5.74) is 6.50. The highest BCUT2D eigenvalue weighted by Crippen LogP contribution is 2.31. The Morgan fingerprint density at radius 3 is 1.18 bits per heavy atom. The van der Waals surface area contributed by atoms with E-state index in [0.29, 0.717) is 0 Å². The molecular formula is C26H24N6S2. The number of thioether (sulfide) groups is 2. The van der Waals surface area contributed by atoms with Crippen LogP contribution in [0, 0.1) is 13.8 Å². The molecule has 0 saturated carbocycles. The molecule has 6 nitrogen and oxygen atoms in total. The van der Waals surface area contributed by atoms with E-state index in [1.807, 2.05) is 12.5 Å². The fourth-order valence-electron chi connectivity index (χ4n) is 3.80. The van der Waals surface area contributed by atoms with Crippen LogP contribution >= 0.6 is 23.5 Å². The summed E-state index contributed by atoms with van der Waals surface area (Å²) in [6.45, 7) is 4.17. The zero-order valence-corrected chi connectivity index (χ0v) is 21.1. The highest BCUT2D eigenvalue weighted by atomic mass is 32.2. The molecular weight excluding hydrogens is 460 g/mol. The Balaban J connectivity index is 1.55. The standard InChI is InChI=1S/C26H24N6S2/c1-17-5-13-21(14-6-17)31-23(27-29-25(31)33-3)19-9-11-20(12-10-19)24-28-30-26(34-4)32(24)22-15-7-18(2)8-16-22/h5-16H,1-4H3. The third-order valence-corrected chi connectivity index (χ3v) is 6.88. The first-order valence-corrected chi connectivity index (χ1v) is 13.3. The van der Waals surface area contributed by atoms with E-state index in [1.54, 1.807) is 23.5 Å². The Morgan fingerprint density at radius 2 is 0.853 bits per heavy atom. The van der Waals surface area contributed by atoms with Crippen LogP contribution in [0.25, 0.3) is 34.2 Å². The molecule has 0 spiro atoms. The zero-order chi connectivity index (χ0) is 23.7. The number of rotatable bonds is 6. The monoisotopic (exact) mass is 484 g/mol. The molecule has 8 heteroatoms.